The fourth-order valence-corrected chi connectivity index (χ4v) is 3.40. The number of carbonyl (C=O) groups excluding carboxylic acids is 2. The Hall–Kier alpha value is -2.27. The molecule has 3 rings (SSSR count). The Labute approximate surface area is 146 Å². The normalized spacial score (nSPS) is 14.0. The maximum Gasteiger partial charge on any atom is 0.228 e. The predicted molar refractivity (Wildman–Crippen MR) is 98.6 cm³/mol. The first-order valence-corrected chi connectivity index (χ1v) is 9.22. The number of amides is 2. The number of anilines is 2. The fourth-order valence-electron chi connectivity index (χ4n) is 2.84. The number of thioether (sulfide) groups is 1. The molecule has 24 heavy (non-hydrogen) atoms. The van der Waals surface area contributed by atoms with Crippen molar-refractivity contribution in [2.45, 2.75) is 24.2 Å². The number of nitrogens with zero attached hydrogens (tertiary/aromatic N) is 1. The third-order valence-electron chi connectivity index (χ3n) is 4.07. The summed E-state index contributed by atoms with van der Waals surface area (Å²) in [4.78, 5) is 26.9. The van der Waals surface area contributed by atoms with Gasteiger partial charge in [0.2, 0.25) is 11.8 Å². The van der Waals surface area contributed by atoms with Crippen LogP contribution in [0.5, 0.6) is 0 Å². The number of hydrogen-bond acceptors (Lipinski definition) is 3. The highest BCUT2D eigenvalue weighted by Crippen LogP contribution is 2.25. The smallest absolute Gasteiger partial charge is 0.228 e. The lowest BCUT2D eigenvalue weighted by Gasteiger charge is -2.16. The van der Waals surface area contributed by atoms with E-state index in [4.69, 9.17) is 0 Å². The Morgan fingerprint density at radius 1 is 1.17 bits per heavy atom. The van der Waals surface area contributed by atoms with Gasteiger partial charge in [-0.2, -0.15) is 0 Å². The third-order valence-corrected chi connectivity index (χ3v) is 4.86. The van der Waals surface area contributed by atoms with Gasteiger partial charge in [-0.1, -0.05) is 24.3 Å². The number of carbonyl (C=O) groups is 2. The molecule has 0 unspecified atom stereocenters. The molecule has 4 nitrogen and oxygen atoms in total. The molecule has 1 heterocycles. The van der Waals surface area contributed by atoms with Gasteiger partial charge >= 0.3 is 0 Å². The van der Waals surface area contributed by atoms with Crippen molar-refractivity contribution < 1.29 is 9.59 Å². The minimum atomic E-state index is -0.0403. The lowest BCUT2D eigenvalue weighted by molar-refractivity contribution is -0.117. The van der Waals surface area contributed by atoms with E-state index in [9.17, 15) is 9.59 Å². The summed E-state index contributed by atoms with van der Waals surface area (Å²) in [5.74, 6) is 0.135. The molecule has 5 heteroatoms. The minimum Gasteiger partial charge on any atom is -0.325 e. The molecule has 0 bridgehead atoms. The van der Waals surface area contributed by atoms with Gasteiger partial charge < -0.3 is 10.2 Å². The molecule has 2 aromatic rings. The van der Waals surface area contributed by atoms with E-state index in [2.05, 4.69) is 5.32 Å². The van der Waals surface area contributed by atoms with Crippen molar-refractivity contribution in [3.05, 3.63) is 54.1 Å². The summed E-state index contributed by atoms with van der Waals surface area (Å²) < 4.78 is 0. The van der Waals surface area contributed by atoms with E-state index in [-0.39, 0.29) is 11.8 Å². The van der Waals surface area contributed by atoms with Crippen LogP contribution in [0.25, 0.3) is 0 Å². The van der Waals surface area contributed by atoms with Gasteiger partial charge in [-0.3, -0.25) is 9.59 Å². The van der Waals surface area contributed by atoms with E-state index in [1.165, 1.54) is 0 Å². The number of rotatable bonds is 5. The molecule has 2 amide bonds. The quantitative estimate of drug-likeness (QED) is 0.844. The first kappa shape index (κ1) is 16.6. The average Bonchev–Trinajstić information content (AvgIpc) is 3.02. The molecule has 0 aromatic heterocycles. The van der Waals surface area contributed by atoms with Gasteiger partial charge in [-0.15, -0.1) is 11.8 Å². The van der Waals surface area contributed by atoms with Gasteiger partial charge in [0, 0.05) is 23.5 Å². The lowest BCUT2D eigenvalue weighted by Crippen LogP contribution is -2.23. The Kier molecular flexibility index (Phi) is 5.20. The third kappa shape index (κ3) is 3.79. The summed E-state index contributed by atoms with van der Waals surface area (Å²) >= 11 is 1.61. The number of benzene rings is 2. The van der Waals surface area contributed by atoms with Crippen LogP contribution in [0, 0.1) is 0 Å². The van der Waals surface area contributed by atoms with Gasteiger partial charge in [-0.25, -0.2) is 0 Å². The van der Waals surface area contributed by atoms with Gasteiger partial charge in [-0.05, 0) is 42.5 Å². The van der Waals surface area contributed by atoms with Crippen molar-refractivity contribution in [3.8, 4) is 0 Å². The summed E-state index contributed by atoms with van der Waals surface area (Å²) in [5.41, 5.74) is 2.69. The van der Waals surface area contributed by atoms with E-state index in [1.54, 1.807) is 16.7 Å². The van der Waals surface area contributed by atoms with E-state index in [1.807, 2.05) is 54.8 Å². The fraction of sp³-hybridized carbons (Fsp3) is 0.263. The van der Waals surface area contributed by atoms with E-state index in [0.29, 0.717) is 12.8 Å². The van der Waals surface area contributed by atoms with E-state index >= 15 is 0 Å². The maximum atomic E-state index is 12.3. The van der Waals surface area contributed by atoms with Gasteiger partial charge in [0.15, 0.2) is 0 Å². The van der Waals surface area contributed by atoms with Crippen LogP contribution >= 0.6 is 11.8 Å². The standard InChI is InChI=1S/C19H20N2O2S/c1-24-17-6-3-2-5-16(17)20-18(22)13-14-8-10-15(11-9-14)21-12-4-7-19(21)23/h2-3,5-6,8-11H,4,7,12-13H2,1H3,(H,20,22). The molecule has 1 saturated heterocycles. The van der Waals surface area contributed by atoms with Crippen molar-refractivity contribution in [3.63, 3.8) is 0 Å². The first-order valence-electron chi connectivity index (χ1n) is 7.99. The molecule has 0 radical (unpaired) electrons. The number of hydrogen-bond donors (Lipinski definition) is 1. The molecule has 1 aliphatic heterocycles. The molecule has 2 aromatic carbocycles. The van der Waals surface area contributed by atoms with Crippen molar-refractivity contribution in [2.75, 3.05) is 23.0 Å². The van der Waals surface area contributed by atoms with E-state index in [0.717, 1.165) is 34.8 Å². The topological polar surface area (TPSA) is 49.4 Å². The summed E-state index contributed by atoms with van der Waals surface area (Å²) in [6, 6.07) is 15.4. The Balaban J connectivity index is 1.63. The van der Waals surface area contributed by atoms with Crippen molar-refractivity contribution in [1.82, 2.24) is 0 Å². The zero-order chi connectivity index (χ0) is 16.9. The van der Waals surface area contributed by atoms with Crippen molar-refractivity contribution in [1.29, 1.82) is 0 Å². The predicted octanol–water partition coefficient (Wildman–Crippen LogP) is 3.72. The van der Waals surface area contributed by atoms with Crippen LogP contribution in [0.1, 0.15) is 18.4 Å². The average molecular weight is 340 g/mol. The number of nitrogens with one attached hydrogen (secondary N) is 1. The molecule has 1 fully saturated rings. The number of para-hydroxylation sites is 1. The van der Waals surface area contributed by atoms with Crippen LogP contribution < -0.4 is 10.2 Å². The van der Waals surface area contributed by atoms with Crippen molar-refractivity contribution in [2.24, 2.45) is 0 Å². The van der Waals surface area contributed by atoms with Crippen LogP contribution in [0.3, 0.4) is 0 Å². The van der Waals surface area contributed by atoms with Gasteiger partial charge in [0.1, 0.15) is 0 Å². The second-order valence-electron chi connectivity index (χ2n) is 5.74. The van der Waals surface area contributed by atoms with Gasteiger partial charge in [0.05, 0.1) is 12.1 Å². The Morgan fingerprint density at radius 3 is 2.58 bits per heavy atom. The highest BCUT2D eigenvalue weighted by Gasteiger charge is 2.21. The molecule has 124 valence electrons. The second kappa shape index (κ2) is 7.53. The van der Waals surface area contributed by atoms with Crippen LogP contribution in [0.2, 0.25) is 0 Å². The summed E-state index contributed by atoms with van der Waals surface area (Å²) in [6.45, 7) is 0.782. The lowest BCUT2D eigenvalue weighted by atomic mass is 10.1. The minimum absolute atomic E-state index is 0.0403. The largest absolute Gasteiger partial charge is 0.325 e. The molecular weight excluding hydrogens is 320 g/mol. The maximum absolute atomic E-state index is 12.3. The Morgan fingerprint density at radius 2 is 1.92 bits per heavy atom. The highest BCUT2D eigenvalue weighted by atomic mass is 32.2. The molecule has 1 aliphatic rings. The summed E-state index contributed by atoms with van der Waals surface area (Å²) in [7, 11) is 0. The first-order chi connectivity index (χ1) is 11.7. The molecule has 1 N–H and O–H groups in total. The summed E-state index contributed by atoms with van der Waals surface area (Å²) in [5, 5.41) is 2.96. The monoisotopic (exact) mass is 340 g/mol. The molecule has 0 atom stereocenters. The molecule has 0 saturated carbocycles. The van der Waals surface area contributed by atoms with E-state index < -0.39 is 0 Å². The van der Waals surface area contributed by atoms with Crippen LogP contribution in [0.4, 0.5) is 11.4 Å². The van der Waals surface area contributed by atoms with Crippen LogP contribution in [-0.4, -0.2) is 24.6 Å². The van der Waals surface area contributed by atoms with Crippen LogP contribution in [-0.2, 0) is 16.0 Å². The zero-order valence-electron chi connectivity index (χ0n) is 13.6. The van der Waals surface area contributed by atoms with Gasteiger partial charge in [0.25, 0.3) is 0 Å². The van der Waals surface area contributed by atoms with Crippen molar-refractivity contribution >= 4 is 35.0 Å². The Bertz CT molecular complexity index is 743. The second-order valence-corrected chi connectivity index (χ2v) is 6.59. The van der Waals surface area contributed by atoms with Crippen LogP contribution in [0.15, 0.2) is 53.4 Å². The molecular formula is C19H20N2O2S. The zero-order valence-corrected chi connectivity index (χ0v) is 14.4. The summed E-state index contributed by atoms with van der Waals surface area (Å²) in [6.07, 6.45) is 3.84. The molecule has 0 spiro atoms. The molecule has 0 aliphatic carbocycles. The SMILES string of the molecule is CSc1ccccc1NC(=O)Cc1ccc(N2CCCC2=O)cc1. The highest BCUT2D eigenvalue weighted by molar-refractivity contribution is 7.98.